The van der Waals surface area contributed by atoms with Crippen LogP contribution in [0.2, 0.25) is 0 Å². The summed E-state index contributed by atoms with van der Waals surface area (Å²) in [5.41, 5.74) is 5.29. The molecule has 4 nitrogen and oxygen atoms in total. The van der Waals surface area contributed by atoms with Crippen LogP contribution >= 0.6 is 12.4 Å². The first kappa shape index (κ1) is 17.9. The fourth-order valence-electron chi connectivity index (χ4n) is 0.760. The van der Waals surface area contributed by atoms with Crippen LogP contribution in [0.5, 0.6) is 0 Å². The molecule has 98 valence electrons. The predicted molar refractivity (Wildman–Crippen MR) is 55.4 cm³/mol. The molecule has 0 bridgehead atoms. The highest BCUT2D eigenvalue weighted by atomic mass is 35.5. The zero-order valence-electron chi connectivity index (χ0n) is 9.08. The standard InChI is InChI=1S/C8H15F3N2O2.ClH/c1-6(3-12)13(2)7(14)4-15-5-8(9,10)11;/h6H,3-5,12H2,1-2H3;1H. The largest absolute Gasteiger partial charge is 0.411 e. The van der Waals surface area contributed by atoms with Gasteiger partial charge in [0, 0.05) is 19.6 Å². The maximum atomic E-state index is 11.7. The Morgan fingerprint density at radius 2 is 2.00 bits per heavy atom. The number of hydrogen-bond acceptors (Lipinski definition) is 3. The summed E-state index contributed by atoms with van der Waals surface area (Å²) in [6.45, 7) is -0.0485. The van der Waals surface area contributed by atoms with Crippen LogP contribution < -0.4 is 5.73 Å². The highest BCUT2D eigenvalue weighted by Crippen LogP contribution is 2.14. The Labute approximate surface area is 98.3 Å². The lowest BCUT2D eigenvalue weighted by molar-refractivity contribution is -0.177. The van der Waals surface area contributed by atoms with Gasteiger partial charge in [-0.1, -0.05) is 0 Å². The lowest BCUT2D eigenvalue weighted by Gasteiger charge is -2.23. The third kappa shape index (κ3) is 7.72. The van der Waals surface area contributed by atoms with Crippen molar-refractivity contribution in [2.24, 2.45) is 5.73 Å². The van der Waals surface area contributed by atoms with Crippen molar-refractivity contribution < 1.29 is 22.7 Å². The van der Waals surface area contributed by atoms with Crippen LogP contribution in [0.15, 0.2) is 0 Å². The highest BCUT2D eigenvalue weighted by molar-refractivity contribution is 5.85. The average Bonchev–Trinajstić information content (AvgIpc) is 2.13. The summed E-state index contributed by atoms with van der Waals surface area (Å²) in [5, 5.41) is 0. The Kier molecular flexibility index (Phi) is 8.59. The zero-order valence-corrected chi connectivity index (χ0v) is 9.90. The maximum absolute atomic E-state index is 11.7. The van der Waals surface area contributed by atoms with Gasteiger partial charge < -0.3 is 15.4 Å². The van der Waals surface area contributed by atoms with E-state index in [9.17, 15) is 18.0 Å². The number of rotatable bonds is 5. The van der Waals surface area contributed by atoms with Gasteiger partial charge in [0.2, 0.25) is 5.91 Å². The van der Waals surface area contributed by atoms with Gasteiger partial charge >= 0.3 is 6.18 Å². The molecule has 0 saturated heterocycles. The van der Waals surface area contributed by atoms with Gasteiger partial charge in [-0.3, -0.25) is 4.79 Å². The molecule has 0 aromatic rings. The molecule has 0 fully saturated rings. The molecule has 0 aliphatic carbocycles. The van der Waals surface area contributed by atoms with Gasteiger partial charge in [0.05, 0.1) is 0 Å². The molecular weight excluding hydrogens is 249 g/mol. The van der Waals surface area contributed by atoms with Gasteiger partial charge in [0.25, 0.3) is 0 Å². The van der Waals surface area contributed by atoms with Crippen molar-refractivity contribution in [3.8, 4) is 0 Å². The number of likely N-dealkylation sites (N-methyl/N-ethyl adjacent to an activating group) is 1. The fraction of sp³-hybridized carbons (Fsp3) is 0.875. The monoisotopic (exact) mass is 264 g/mol. The van der Waals surface area contributed by atoms with E-state index in [4.69, 9.17) is 5.73 Å². The van der Waals surface area contributed by atoms with Crippen LogP contribution in [0.4, 0.5) is 13.2 Å². The number of amides is 1. The molecule has 0 heterocycles. The summed E-state index contributed by atoms with van der Waals surface area (Å²) in [7, 11) is 1.47. The first-order valence-electron chi connectivity index (χ1n) is 4.38. The van der Waals surface area contributed by atoms with E-state index in [1.54, 1.807) is 6.92 Å². The molecule has 0 radical (unpaired) electrons. The Balaban J connectivity index is 0. The first-order valence-corrected chi connectivity index (χ1v) is 4.38. The molecule has 2 N–H and O–H groups in total. The van der Waals surface area contributed by atoms with Crippen LogP contribution in [-0.4, -0.2) is 49.8 Å². The second-order valence-electron chi connectivity index (χ2n) is 3.20. The predicted octanol–water partition coefficient (Wildman–Crippen LogP) is 0.793. The van der Waals surface area contributed by atoms with E-state index in [1.165, 1.54) is 11.9 Å². The van der Waals surface area contributed by atoms with E-state index in [-0.39, 0.29) is 25.0 Å². The molecule has 1 amide bonds. The number of carbonyl (C=O) groups is 1. The van der Waals surface area contributed by atoms with Gasteiger partial charge in [-0.15, -0.1) is 12.4 Å². The number of halogens is 4. The van der Waals surface area contributed by atoms with Crippen molar-refractivity contribution in [2.75, 3.05) is 26.8 Å². The maximum Gasteiger partial charge on any atom is 0.411 e. The summed E-state index contributed by atoms with van der Waals surface area (Å²) in [6, 6.07) is -0.216. The van der Waals surface area contributed by atoms with E-state index >= 15 is 0 Å². The van der Waals surface area contributed by atoms with Gasteiger partial charge in [0.1, 0.15) is 13.2 Å². The molecule has 0 rings (SSSR count). The molecule has 0 aliphatic heterocycles. The minimum atomic E-state index is -4.40. The summed E-state index contributed by atoms with van der Waals surface area (Å²) < 4.78 is 39.2. The number of nitrogens with zero attached hydrogens (tertiary/aromatic N) is 1. The molecule has 1 atom stereocenters. The SMILES string of the molecule is CC(CN)N(C)C(=O)COCC(F)(F)F.Cl. The van der Waals surface area contributed by atoms with Gasteiger partial charge in [-0.05, 0) is 6.92 Å². The number of carbonyl (C=O) groups excluding carboxylic acids is 1. The Morgan fingerprint density at radius 1 is 1.50 bits per heavy atom. The van der Waals surface area contributed by atoms with Crippen molar-refractivity contribution in [3.63, 3.8) is 0 Å². The molecule has 0 aliphatic rings. The average molecular weight is 265 g/mol. The van der Waals surface area contributed by atoms with Crippen LogP contribution in [-0.2, 0) is 9.53 Å². The van der Waals surface area contributed by atoms with Gasteiger partial charge in [-0.25, -0.2) is 0 Å². The third-order valence-electron chi connectivity index (χ3n) is 1.89. The lowest BCUT2D eigenvalue weighted by Crippen LogP contribution is -2.41. The number of ether oxygens (including phenoxy) is 1. The molecule has 1 unspecified atom stereocenters. The van der Waals surface area contributed by atoms with Crippen molar-refractivity contribution in [1.29, 1.82) is 0 Å². The van der Waals surface area contributed by atoms with Crippen molar-refractivity contribution in [2.45, 2.75) is 19.1 Å². The molecule has 8 heteroatoms. The highest BCUT2D eigenvalue weighted by Gasteiger charge is 2.28. The first-order chi connectivity index (χ1) is 6.78. The van der Waals surface area contributed by atoms with E-state index in [0.717, 1.165) is 0 Å². The van der Waals surface area contributed by atoms with E-state index in [0.29, 0.717) is 0 Å². The van der Waals surface area contributed by atoms with E-state index in [1.807, 2.05) is 0 Å². The minimum absolute atomic E-state index is 0. The fourth-order valence-corrected chi connectivity index (χ4v) is 0.760. The lowest BCUT2D eigenvalue weighted by atomic mass is 10.3. The molecule has 16 heavy (non-hydrogen) atoms. The summed E-state index contributed by atoms with van der Waals surface area (Å²) in [5.74, 6) is -0.516. The second-order valence-corrected chi connectivity index (χ2v) is 3.20. The van der Waals surface area contributed by atoms with Gasteiger partial charge in [0.15, 0.2) is 0 Å². The summed E-state index contributed by atoms with van der Waals surface area (Å²) in [4.78, 5) is 12.5. The number of nitrogens with two attached hydrogens (primary N) is 1. The quantitative estimate of drug-likeness (QED) is 0.799. The van der Waals surface area contributed by atoms with Crippen LogP contribution in [0.25, 0.3) is 0 Å². The van der Waals surface area contributed by atoms with E-state index in [2.05, 4.69) is 4.74 Å². The van der Waals surface area contributed by atoms with Crippen LogP contribution in [0.1, 0.15) is 6.92 Å². The Hall–Kier alpha value is -0.530. The minimum Gasteiger partial charge on any atom is -0.362 e. The molecule has 0 spiro atoms. The molecule has 0 saturated carbocycles. The molecular formula is C8H16ClF3N2O2. The van der Waals surface area contributed by atoms with Crippen LogP contribution in [0.3, 0.4) is 0 Å². The topological polar surface area (TPSA) is 55.6 Å². The van der Waals surface area contributed by atoms with Crippen molar-refractivity contribution in [3.05, 3.63) is 0 Å². The zero-order chi connectivity index (χ0) is 12.1. The third-order valence-corrected chi connectivity index (χ3v) is 1.89. The Bertz CT molecular complexity index is 214. The van der Waals surface area contributed by atoms with Crippen molar-refractivity contribution in [1.82, 2.24) is 4.90 Å². The Morgan fingerprint density at radius 3 is 2.38 bits per heavy atom. The normalized spacial score (nSPS) is 12.9. The summed E-state index contributed by atoms with van der Waals surface area (Å²) >= 11 is 0. The number of alkyl halides is 3. The summed E-state index contributed by atoms with van der Waals surface area (Å²) in [6.07, 6.45) is -4.40. The van der Waals surface area contributed by atoms with Crippen molar-refractivity contribution >= 4 is 18.3 Å². The van der Waals surface area contributed by atoms with Crippen LogP contribution in [0, 0.1) is 0 Å². The molecule has 0 aromatic carbocycles. The second kappa shape index (κ2) is 7.70. The number of hydrogen-bond donors (Lipinski definition) is 1. The smallest absolute Gasteiger partial charge is 0.362 e. The van der Waals surface area contributed by atoms with E-state index < -0.39 is 25.3 Å². The molecule has 0 aromatic heterocycles. The van der Waals surface area contributed by atoms with Gasteiger partial charge in [-0.2, -0.15) is 13.2 Å².